The zero-order valence-corrected chi connectivity index (χ0v) is 21.6. The largest absolute Gasteiger partial charge is 0.481 e. The summed E-state index contributed by atoms with van der Waals surface area (Å²) in [4.78, 5) is 54.2. The van der Waals surface area contributed by atoms with Crippen molar-refractivity contribution in [2.45, 2.75) is 64.1 Å². The smallest absolute Gasteiger partial charge is 0.326 e. The first-order valence-electron chi connectivity index (χ1n) is 12.4. The Morgan fingerprint density at radius 2 is 1.85 bits per heavy atom. The lowest BCUT2D eigenvalue weighted by Crippen LogP contribution is -2.46. The van der Waals surface area contributed by atoms with Crippen LogP contribution in [0.5, 0.6) is 0 Å². The second kappa shape index (κ2) is 16.3. The first kappa shape index (κ1) is 31.5. The molecule has 17 nitrogen and oxygen atoms in total. The number of carboxylic acids is 2. The van der Waals surface area contributed by atoms with E-state index in [4.69, 9.17) is 14.9 Å². The number of nitro benzene ring substituents is 2. The third-order valence-corrected chi connectivity index (χ3v) is 5.65. The number of hydrogen-bond donors (Lipinski definition) is 4. The van der Waals surface area contributed by atoms with Crippen molar-refractivity contribution in [2.24, 2.45) is 0 Å². The van der Waals surface area contributed by atoms with Crippen molar-refractivity contribution in [1.29, 1.82) is 0 Å². The molecule has 0 saturated heterocycles. The Labute approximate surface area is 227 Å². The van der Waals surface area contributed by atoms with E-state index < -0.39 is 33.9 Å². The van der Waals surface area contributed by atoms with Crippen molar-refractivity contribution in [2.75, 3.05) is 13.2 Å². The number of aromatic nitrogens is 3. The number of carbonyl (C=O) groups excluding carboxylic acids is 1. The topological polar surface area (TPSA) is 242 Å². The molecule has 0 radical (unpaired) electrons. The van der Waals surface area contributed by atoms with Gasteiger partial charge < -0.3 is 25.6 Å². The molecule has 0 spiro atoms. The van der Waals surface area contributed by atoms with Gasteiger partial charge in [0, 0.05) is 37.7 Å². The highest BCUT2D eigenvalue weighted by Crippen LogP contribution is 2.25. The molecular formula is C23H31N7O10. The van der Waals surface area contributed by atoms with Gasteiger partial charge in [-0.25, -0.2) is 9.59 Å². The summed E-state index contributed by atoms with van der Waals surface area (Å²) in [7, 11) is 0. The number of non-ortho nitro benzene ring substituents is 1. The number of carboxylic acid groups (broad SMARTS) is 2. The number of unbranched alkanes of at least 4 members (excludes halogenated alkanes) is 2. The molecule has 4 N–H and O–H groups in total. The SMILES string of the molecule is O=C(O)CC[C@H](NC(=O)NCCCCCn1cc(COCCCc2ccc([N+](=O)[O-])cc2[N+](=O)[O-])nn1)C(=O)O. The fourth-order valence-electron chi connectivity index (χ4n) is 3.61. The Balaban J connectivity index is 1.60. The molecule has 1 aromatic carbocycles. The fourth-order valence-corrected chi connectivity index (χ4v) is 3.61. The van der Waals surface area contributed by atoms with E-state index in [2.05, 4.69) is 20.9 Å². The molecule has 2 amide bonds. The molecular weight excluding hydrogens is 534 g/mol. The van der Waals surface area contributed by atoms with Crippen LogP contribution in [0.4, 0.5) is 16.2 Å². The summed E-state index contributed by atoms with van der Waals surface area (Å²) in [6.07, 6.45) is 4.08. The Bertz CT molecular complexity index is 1190. The average Bonchev–Trinajstić information content (AvgIpc) is 3.35. The summed E-state index contributed by atoms with van der Waals surface area (Å²) in [5, 5.41) is 52.6. The third kappa shape index (κ3) is 11.4. The van der Waals surface area contributed by atoms with Crippen LogP contribution in [0.3, 0.4) is 0 Å². The van der Waals surface area contributed by atoms with Crippen molar-refractivity contribution < 1.29 is 39.2 Å². The minimum absolute atomic E-state index is 0.200. The fraction of sp³-hybridized carbons (Fsp3) is 0.522. The van der Waals surface area contributed by atoms with E-state index in [-0.39, 0.29) is 30.8 Å². The van der Waals surface area contributed by atoms with Gasteiger partial charge in [0.15, 0.2) is 0 Å². The summed E-state index contributed by atoms with van der Waals surface area (Å²) in [5.74, 6) is -2.45. The van der Waals surface area contributed by atoms with E-state index in [0.717, 1.165) is 18.9 Å². The molecule has 1 aromatic heterocycles. The zero-order chi connectivity index (χ0) is 29.5. The van der Waals surface area contributed by atoms with E-state index in [1.165, 1.54) is 12.1 Å². The van der Waals surface area contributed by atoms with E-state index in [1.807, 2.05) is 0 Å². The number of nitro groups is 2. The van der Waals surface area contributed by atoms with E-state index in [0.29, 0.717) is 50.2 Å². The van der Waals surface area contributed by atoms with Gasteiger partial charge in [-0.2, -0.15) is 0 Å². The molecule has 218 valence electrons. The molecule has 0 aliphatic rings. The number of rotatable bonds is 19. The monoisotopic (exact) mass is 565 g/mol. The maximum absolute atomic E-state index is 11.8. The molecule has 0 bridgehead atoms. The highest BCUT2D eigenvalue weighted by Gasteiger charge is 2.21. The molecule has 1 heterocycles. The molecule has 17 heteroatoms. The number of hydrogen-bond acceptors (Lipinski definition) is 10. The molecule has 0 fully saturated rings. The molecule has 0 aliphatic carbocycles. The average molecular weight is 566 g/mol. The van der Waals surface area contributed by atoms with Crippen LogP contribution in [0, 0.1) is 20.2 Å². The molecule has 2 rings (SSSR count). The predicted molar refractivity (Wildman–Crippen MR) is 136 cm³/mol. The minimum atomic E-state index is -1.30. The second-order valence-electron chi connectivity index (χ2n) is 8.74. The van der Waals surface area contributed by atoms with Crippen LogP contribution < -0.4 is 10.6 Å². The number of amides is 2. The number of aliphatic carboxylic acids is 2. The van der Waals surface area contributed by atoms with Gasteiger partial charge in [-0.3, -0.25) is 29.7 Å². The van der Waals surface area contributed by atoms with Gasteiger partial charge in [0.1, 0.15) is 11.7 Å². The van der Waals surface area contributed by atoms with Crippen LogP contribution in [0.15, 0.2) is 24.4 Å². The van der Waals surface area contributed by atoms with Gasteiger partial charge in [0.25, 0.3) is 11.4 Å². The first-order valence-corrected chi connectivity index (χ1v) is 12.4. The molecule has 0 aliphatic heterocycles. The quantitative estimate of drug-likeness (QED) is 0.109. The second-order valence-corrected chi connectivity index (χ2v) is 8.74. The Morgan fingerprint density at radius 1 is 1.07 bits per heavy atom. The number of carbonyl (C=O) groups is 3. The molecule has 0 saturated carbocycles. The van der Waals surface area contributed by atoms with Gasteiger partial charge in [-0.05, 0) is 44.6 Å². The predicted octanol–water partition coefficient (Wildman–Crippen LogP) is 2.03. The lowest BCUT2D eigenvalue weighted by atomic mass is 10.1. The van der Waals surface area contributed by atoms with Gasteiger partial charge in [-0.15, -0.1) is 5.10 Å². The maximum Gasteiger partial charge on any atom is 0.326 e. The van der Waals surface area contributed by atoms with E-state index in [1.54, 1.807) is 10.9 Å². The van der Waals surface area contributed by atoms with Gasteiger partial charge >= 0.3 is 18.0 Å². The van der Waals surface area contributed by atoms with Gasteiger partial charge in [0.2, 0.25) is 0 Å². The lowest BCUT2D eigenvalue weighted by Gasteiger charge is -2.14. The summed E-state index contributed by atoms with van der Waals surface area (Å²) in [5.41, 5.74) is 0.365. The van der Waals surface area contributed by atoms with Crippen molar-refractivity contribution in [3.05, 3.63) is 55.9 Å². The number of nitrogens with zero attached hydrogens (tertiary/aromatic N) is 5. The lowest BCUT2D eigenvalue weighted by molar-refractivity contribution is -0.394. The van der Waals surface area contributed by atoms with Crippen molar-refractivity contribution in [3.8, 4) is 0 Å². The van der Waals surface area contributed by atoms with Gasteiger partial charge in [-0.1, -0.05) is 5.21 Å². The maximum atomic E-state index is 11.8. The molecule has 2 aromatic rings. The normalized spacial score (nSPS) is 11.5. The minimum Gasteiger partial charge on any atom is -0.481 e. The highest BCUT2D eigenvalue weighted by atomic mass is 16.6. The van der Waals surface area contributed by atoms with Crippen LogP contribution in [0.2, 0.25) is 0 Å². The van der Waals surface area contributed by atoms with Crippen LogP contribution in [-0.4, -0.2) is 72.2 Å². The molecule has 40 heavy (non-hydrogen) atoms. The van der Waals surface area contributed by atoms with Crippen LogP contribution in [0.1, 0.15) is 49.8 Å². The van der Waals surface area contributed by atoms with Gasteiger partial charge in [0.05, 0.1) is 28.7 Å². The number of ether oxygens (including phenoxy) is 1. The number of nitrogens with one attached hydrogen (secondary N) is 2. The Morgan fingerprint density at radius 3 is 2.52 bits per heavy atom. The Hall–Kier alpha value is -4.67. The Kier molecular flexibility index (Phi) is 12.9. The zero-order valence-electron chi connectivity index (χ0n) is 21.6. The summed E-state index contributed by atoms with van der Waals surface area (Å²) in [6, 6.07) is 1.61. The van der Waals surface area contributed by atoms with Crippen LogP contribution in [0.25, 0.3) is 0 Å². The highest BCUT2D eigenvalue weighted by molar-refractivity contribution is 5.82. The van der Waals surface area contributed by atoms with Crippen LogP contribution >= 0.6 is 0 Å². The number of aryl methyl sites for hydroxylation is 2. The standard InChI is InChI=1S/C23H31N7O10/c31-21(32)9-8-19(22(33)34)25-23(35)24-10-2-1-3-11-28-14-17(26-27-28)15-40-12-4-5-16-6-7-18(29(36)37)13-20(16)30(38)39/h6-7,13-14,19H,1-5,8-12,15H2,(H,31,32)(H,33,34)(H2,24,25,35)/t19-/m0/s1. The summed E-state index contributed by atoms with van der Waals surface area (Å²) in [6.45, 7) is 1.40. The van der Waals surface area contributed by atoms with E-state index in [9.17, 15) is 34.6 Å². The van der Waals surface area contributed by atoms with E-state index >= 15 is 0 Å². The number of benzene rings is 1. The number of urea groups is 1. The van der Waals surface area contributed by atoms with Crippen molar-refractivity contribution in [1.82, 2.24) is 25.6 Å². The van der Waals surface area contributed by atoms with Crippen LogP contribution in [-0.2, 0) is 33.9 Å². The first-order chi connectivity index (χ1) is 19.1. The summed E-state index contributed by atoms with van der Waals surface area (Å²) >= 11 is 0. The molecule has 0 unspecified atom stereocenters. The molecule has 1 atom stereocenters. The van der Waals surface area contributed by atoms with Crippen molar-refractivity contribution >= 4 is 29.3 Å². The van der Waals surface area contributed by atoms with Crippen molar-refractivity contribution in [3.63, 3.8) is 0 Å². The summed E-state index contributed by atoms with van der Waals surface area (Å²) < 4.78 is 7.21. The third-order valence-electron chi connectivity index (χ3n) is 5.65.